The maximum atomic E-state index is 14.2. The second-order valence-corrected chi connectivity index (χ2v) is 7.61. The average Bonchev–Trinajstić information content (AvgIpc) is 3.14. The Hall–Kier alpha value is -1.10. The lowest BCUT2D eigenvalue weighted by molar-refractivity contribution is -0.171. The molecule has 4 nitrogen and oxygen atoms in total. The molecule has 1 saturated carbocycles. The molecule has 3 aliphatic rings. The van der Waals surface area contributed by atoms with Crippen molar-refractivity contribution < 1.29 is 23.4 Å². The van der Waals surface area contributed by atoms with Gasteiger partial charge in [0.2, 0.25) is 0 Å². The van der Waals surface area contributed by atoms with Gasteiger partial charge in [0.1, 0.15) is 11.9 Å². The smallest absolute Gasteiger partial charge is 0.307 e. The Morgan fingerprint density at radius 2 is 2.28 bits per heavy atom. The van der Waals surface area contributed by atoms with Gasteiger partial charge in [0.25, 0.3) is 0 Å². The monoisotopic (exact) mass is 354 g/mol. The van der Waals surface area contributed by atoms with Gasteiger partial charge in [0.15, 0.2) is 11.9 Å². The molecular weight excluding hydrogens is 323 g/mol. The largest absolute Gasteiger partial charge is 0.465 e. The van der Waals surface area contributed by atoms with Gasteiger partial charge in [-0.3, -0.25) is 4.79 Å². The second kappa shape index (κ2) is 8.52. The summed E-state index contributed by atoms with van der Waals surface area (Å²) >= 11 is 0. The van der Waals surface area contributed by atoms with Crippen molar-refractivity contribution in [2.75, 3.05) is 6.61 Å². The van der Waals surface area contributed by atoms with Gasteiger partial charge in [0.05, 0.1) is 13.0 Å². The summed E-state index contributed by atoms with van der Waals surface area (Å²) in [6, 6.07) is 0. The number of esters is 1. The van der Waals surface area contributed by atoms with Crippen LogP contribution in [0.2, 0.25) is 0 Å². The predicted molar refractivity (Wildman–Crippen MR) is 92.6 cm³/mol. The van der Waals surface area contributed by atoms with Crippen molar-refractivity contribution in [2.24, 2.45) is 5.92 Å². The van der Waals surface area contributed by atoms with Crippen LogP contribution in [-0.4, -0.2) is 30.6 Å². The molecule has 2 heterocycles. The van der Waals surface area contributed by atoms with Crippen LogP contribution in [0.5, 0.6) is 0 Å². The normalized spacial score (nSPS) is 33.8. The quantitative estimate of drug-likeness (QED) is 0.463. The van der Waals surface area contributed by atoms with Crippen LogP contribution in [0.25, 0.3) is 0 Å². The van der Waals surface area contributed by atoms with Crippen molar-refractivity contribution in [1.82, 2.24) is 0 Å². The molecule has 142 valence electrons. The summed E-state index contributed by atoms with van der Waals surface area (Å²) in [5.74, 6) is 0.641. The minimum absolute atomic E-state index is 0.156. The van der Waals surface area contributed by atoms with E-state index in [1.54, 1.807) is 0 Å². The van der Waals surface area contributed by atoms with Gasteiger partial charge in [-0.1, -0.05) is 19.8 Å². The van der Waals surface area contributed by atoms with E-state index < -0.39 is 11.8 Å². The van der Waals surface area contributed by atoms with Gasteiger partial charge in [-0.2, -0.15) is 0 Å². The van der Waals surface area contributed by atoms with Gasteiger partial charge >= 0.3 is 5.97 Å². The fourth-order valence-corrected chi connectivity index (χ4v) is 4.32. The highest BCUT2D eigenvalue weighted by atomic mass is 19.1. The molecule has 5 heteroatoms. The summed E-state index contributed by atoms with van der Waals surface area (Å²) in [6.07, 6.45) is 9.57. The van der Waals surface area contributed by atoms with Gasteiger partial charge in [0, 0.05) is 18.8 Å². The van der Waals surface area contributed by atoms with Crippen LogP contribution in [0.15, 0.2) is 11.8 Å². The first-order valence-corrected chi connectivity index (χ1v) is 9.99. The first-order valence-electron chi connectivity index (χ1n) is 9.99. The number of carbonyl (C=O) groups excluding carboxylic acids is 1. The molecule has 4 atom stereocenters. The van der Waals surface area contributed by atoms with E-state index in [-0.39, 0.29) is 18.2 Å². The fraction of sp³-hybridized carbons (Fsp3) is 0.850. The van der Waals surface area contributed by atoms with Gasteiger partial charge < -0.3 is 14.2 Å². The van der Waals surface area contributed by atoms with Crippen molar-refractivity contribution in [1.29, 1.82) is 0 Å². The third-order valence-corrected chi connectivity index (χ3v) is 5.71. The first kappa shape index (κ1) is 18.7. The topological polar surface area (TPSA) is 44.8 Å². The lowest BCUT2D eigenvalue weighted by Crippen LogP contribution is -2.37. The number of hydrogen-bond acceptors (Lipinski definition) is 4. The number of alkyl halides is 1. The Morgan fingerprint density at radius 3 is 3.04 bits per heavy atom. The van der Waals surface area contributed by atoms with Crippen LogP contribution in [0.4, 0.5) is 4.39 Å². The molecule has 3 rings (SSSR count). The lowest BCUT2D eigenvalue weighted by atomic mass is 9.88. The molecular formula is C20H31FO4. The SMILES string of the molecule is CCCC[C@@H](F)CC=C(OC1CCCCO1)[C@@]12CCC[C@H]1CC(=O)O2. The zero-order chi connectivity index (χ0) is 17.7. The molecule has 0 amide bonds. The van der Waals surface area contributed by atoms with E-state index in [0.717, 1.165) is 51.4 Å². The van der Waals surface area contributed by atoms with E-state index in [9.17, 15) is 9.18 Å². The number of rotatable bonds is 8. The summed E-state index contributed by atoms with van der Waals surface area (Å²) in [5, 5.41) is 0. The number of hydrogen-bond donors (Lipinski definition) is 0. The molecule has 2 saturated heterocycles. The highest BCUT2D eigenvalue weighted by Crippen LogP contribution is 2.51. The lowest BCUT2D eigenvalue weighted by Gasteiger charge is -2.34. The fourth-order valence-electron chi connectivity index (χ4n) is 4.32. The van der Waals surface area contributed by atoms with Gasteiger partial charge in [-0.25, -0.2) is 4.39 Å². The Kier molecular flexibility index (Phi) is 6.37. The van der Waals surface area contributed by atoms with E-state index in [1.807, 2.05) is 6.08 Å². The Morgan fingerprint density at radius 1 is 1.40 bits per heavy atom. The van der Waals surface area contributed by atoms with Crippen molar-refractivity contribution in [3.8, 4) is 0 Å². The summed E-state index contributed by atoms with van der Waals surface area (Å²) in [6.45, 7) is 2.76. The first-order chi connectivity index (χ1) is 12.1. The van der Waals surface area contributed by atoms with E-state index in [2.05, 4.69) is 6.92 Å². The molecule has 2 aliphatic heterocycles. The number of halogens is 1. The number of allylic oxidation sites excluding steroid dienone is 1. The Bertz CT molecular complexity index is 486. The maximum absolute atomic E-state index is 14.2. The summed E-state index contributed by atoms with van der Waals surface area (Å²) in [4.78, 5) is 11.9. The van der Waals surface area contributed by atoms with E-state index >= 15 is 0 Å². The van der Waals surface area contributed by atoms with Crippen molar-refractivity contribution >= 4 is 5.97 Å². The summed E-state index contributed by atoms with van der Waals surface area (Å²) in [5.41, 5.74) is -0.678. The summed E-state index contributed by atoms with van der Waals surface area (Å²) < 4.78 is 31.9. The molecule has 0 spiro atoms. The maximum Gasteiger partial charge on any atom is 0.307 e. The summed E-state index contributed by atoms with van der Waals surface area (Å²) in [7, 11) is 0. The Labute approximate surface area is 150 Å². The predicted octanol–water partition coefficient (Wildman–Crippen LogP) is 4.82. The molecule has 1 aliphatic carbocycles. The highest BCUT2D eigenvalue weighted by Gasteiger charge is 2.56. The minimum Gasteiger partial charge on any atom is -0.465 e. The molecule has 0 aromatic heterocycles. The highest BCUT2D eigenvalue weighted by molar-refractivity contribution is 5.74. The number of unbranched alkanes of at least 4 members (excludes halogenated alkanes) is 1. The third kappa shape index (κ3) is 4.36. The average molecular weight is 354 g/mol. The molecule has 1 unspecified atom stereocenters. The second-order valence-electron chi connectivity index (χ2n) is 7.61. The van der Waals surface area contributed by atoms with Crippen molar-refractivity contribution in [2.45, 2.75) is 95.6 Å². The van der Waals surface area contributed by atoms with E-state index in [0.29, 0.717) is 31.6 Å². The van der Waals surface area contributed by atoms with Gasteiger partial charge in [-0.05, 0) is 44.6 Å². The van der Waals surface area contributed by atoms with Crippen LogP contribution < -0.4 is 0 Å². The Balaban J connectivity index is 1.74. The molecule has 25 heavy (non-hydrogen) atoms. The molecule has 0 radical (unpaired) electrons. The van der Waals surface area contributed by atoms with Crippen LogP contribution in [-0.2, 0) is 19.0 Å². The van der Waals surface area contributed by atoms with Crippen molar-refractivity contribution in [3.05, 3.63) is 11.8 Å². The molecule has 3 fully saturated rings. The third-order valence-electron chi connectivity index (χ3n) is 5.71. The van der Waals surface area contributed by atoms with Crippen LogP contribution in [0.1, 0.15) is 77.6 Å². The molecule has 0 bridgehead atoms. The van der Waals surface area contributed by atoms with Gasteiger partial charge in [-0.15, -0.1) is 0 Å². The van der Waals surface area contributed by atoms with Crippen LogP contribution in [0.3, 0.4) is 0 Å². The number of fused-ring (bicyclic) bond motifs is 1. The zero-order valence-corrected chi connectivity index (χ0v) is 15.3. The number of ether oxygens (including phenoxy) is 3. The van der Waals surface area contributed by atoms with Crippen molar-refractivity contribution in [3.63, 3.8) is 0 Å². The zero-order valence-electron chi connectivity index (χ0n) is 15.3. The standard InChI is InChI=1S/C20H31FO4/c1-2-3-8-16(21)10-11-17(24-19-9-4-5-13-23-19)20-12-6-7-15(20)14-18(22)25-20/h11,15-16,19H,2-10,12-14H2,1H3/t15-,16+,19?,20+/m0/s1. The molecule has 0 aromatic carbocycles. The number of carbonyl (C=O) groups is 1. The van der Waals surface area contributed by atoms with E-state index in [1.165, 1.54) is 0 Å². The van der Waals surface area contributed by atoms with Crippen LogP contribution >= 0.6 is 0 Å². The van der Waals surface area contributed by atoms with E-state index in [4.69, 9.17) is 14.2 Å². The molecule has 0 N–H and O–H groups in total. The van der Waals surface area contributed by atoms with Crippen LogP contribution in [0, 0.1) is 5.92 Å². The molecule has 0 aromatic rings. The minimum atomic E-state index is -0.876.